The quantitative estimate of drug-likeness (QED) is 0.902. The summed E-state index contributed by atoms with van der Waals surface area (Å²) in [6.07, 6.45) is 4.96. The summed E-state index contributed by atoms with van der Waals surface area (Å²) >= 11 is 5.29. The normalized spacial score (nSPS) is 18.9. The van der Waals surface area contributed by atoms with E-state index >= 15 is 0 Å². The van der Waals surface area contributed by atoms with Crippen LogP contribution in [0.15, 0.2) is 34.1 Å². The Morgan fingerprint density at radius 1 is 1.42 bits per heavy atom. The van der Waals surface area contributed by atoms with Crippen molar-refractivity contribution in [3.8, 4) is 11.3 Å². The first-order chi connectivity index (χ1) is 9.31. The molecule has 1 aliphatic rings. The summed E-state index contributed by atoms with van der Waals surface area (Å²) in [7, 11) is 0. The van der Waals surface area contributed by atoms with Gasteiger partial charge >= 0.3 is 0 Å². The van der Waals surface area contributed by atoms with Crippen LogP contribution in [0, 0.1) is 0 Å². The summed E-state index contributed by atoms with van der Waals surface area (Å²) in [5.41, 5.74) is 2.29. The molecule has 0 spiro atoms. The number of nitrogens with zero attached hydrogens (tertiary/aromatic N) is 1. The van der Waals surface area contributed by atoms with E-state index in [1.807, 2.05) is 6.07 Å². The van der Waals surface area contributed by atoms with Crippen molar-refractivity contribution >= 4 is 27.3 Å². The van der Waals surface area contributed by atoms with Crippen LogP contribution in [0.4, 0.5) is 0 Å². The fourth-order valence-corrected chi connectivity index (χ4v) is 3.73. The van der Waals surface area contributed by atoms with Crippen molar-refractivity contribution in [1.29, 1.82) is 0 Å². The van der Waals surface area contributed by atoms with Crippen LogP contribution in [0.1, 0.15) is 24.3 Å². The molecule has 0 aliphatic carbocycles. The van der Waals surface area contributed by atoms with Gasteiger partial charge in [0, 0.05) is 27.9 Å². The Morgan fingerprint density at radius 2 is 2.37 bits per heavy atom. The van der Waals surface area contributed by atoms with Gasteiger partial charge in [-0.1, -0.05) is 28.1 Å². The lowest BCUT2D eigenvalue weighted by Gasteiger charge is -2.07. The van der Waals surface area contributed by atoms with E-state index in [9.17, 15) is 0 Å². The number of rotatable bonds is 4. The molecule has 0 saturated carbocycles. The molecule has 0 amide bonds. The van der Waals surface area contributed by atoms with Crippen LogP contribution in [0.5, 0.6) is 0 Å². The molecule has 3 rings (SSSR count). The molecular formula is C15H17BrN2S. The molecule has 1 aromatic carbocycles. The first-order valence-corrected chi connectivity index (χ1v) is 8.42. The molecule has 1 saturated heterocycles. The van der Waals surface area contributed by atoms with Gasteiger partial charge in [-0.15, -0.1) is 11.3 Å². The maximum absolute atomic E-state index is 4.75. The Morgan fingerprint density at radius 3 is 3.16 bits per heavy atom. The molecule has 1 unspecified atom stereocenters. The zero-order valence-electron chi connectivity index (χ0n) is 10.7. The maximum atomic E-state index is 4.75. The second-order valence-electron chi connectivity index (χ2n) is 4.97. The van der Waals surface area contributed by atoms with E-state index in [-0.39, 0.29) is 0 Å². The second-order valence-corrected chi connectivity index (χ2v) is 6.83. The molecule has 1 fully saturated rings. The van der Waals surface area contributed by atoms with Gasteiger partial charge in [0.15, 0.2) is 0 Å². The second kappa shape index (κ2) is 6.16. The van der Waals surface area contributed by atoms with Crippen molar-refractivity contribution < 1.29 is 0 Å². The minimum atomic E-state index is 0.707. The maximum Gasteiger partial charge on any atom is 0.0933 e. The van der Waals surface area contributed by atoms with E-state index in [1.165, 1.54) is 36.4 Å². The highest BCUT2D eigenvalue weighted by molar-refractivity contribution is 9.10. The monoisotopic (exact) mass is 336 g/mol. The first kappa shape index (κ1) is 13.3. The number of hydrogen-bond acceptors (Lipinski definition) is 3. The van der Waals surface area contributed by atoms with Gasteiger partial charge in [-0.3, -0.25) is 0 Å². The van der Waals surface area contributed by atoms with Crippen LogP contribution in [0.2, 0.25) is 0 Å². The molecule has 2 aromatic rings. The fourth-order valence-electron chi connectivity index (χ4n) is 2.51. The van der Waals surface area contributed by atoms with E-state index in [4.69, 9.17) is 4.98 Å². The summed E-state index contributed by atoms with van der Waals surface area (Å²) in [4.78, 5) is 4.75. The Hall–Kier alpha value is -0.710. The van der Waals surface area contributed by atoms with E-state index in [1.54, 1.807) is 11.3 Å². The topological polar surface area (TPSA) is 24.9 Å². The SMILES string of the molecule is Brc1cccc(-c2csc(CCC3CCCN3)n2)c1. The molecular weight excluding hydrogens is 320 g/mol. The Bertz CT molecular complexity index is 547. The number of aryl methyl sites for hydroxylation is 1. The third kappa shape index (κ3) is 3.44. The summed E-state index contributed by atoms with van der Waals surface area (Å²) in [5.74, 6) is 0. The Balaban J connectivity index is 1.65. The van der Waals surface area contributed by atoms with E-state index in [0.29, 0.717) is 6.04 Å². The minimum Gasteiger partial charge on any atom is -0.314 e. The summed E-state index contributed by atoms with van der Waals surface area (Å²) in [6, 6.07) is 9.04. The zero-order chi connectivity index (χ0) is 13.1. The number of hydrogen-bond donors (Lipinski definition) is 1. The number of benzene rings is 1. The highest BCUT2D eigenvalue weighted by Gasteiger charge is 2.14. The van der Waals surface area contributed by atoms with Crippen LogP contribution in [-0.4, -0.2) is 17.6 Å². The molecule has 2 nitrogen and oxygen atoms in total. The number of thiazole rings is 1. The van der Waals surface area contributed by atoms with Crippen LogP contribution in [-0.2, 0) is 6.42 Å². The molecule has 1 aliphatic heterocycles. The smallest absolute Gasteiger partial charge is 0.0933 e. The minimum absolute atomic E-state index is 0.707. The van der Waals surface area contributed by atoms with Gasteiger partial charge in [-0.05, 0) is 37.9 Å². The van der Waals surface area contributed by atoms with Crippen molar-refractivity contribution in [1.82, 2.24) is 10.3 Å². The summed E-state index contributed by atoms with van der Waals surface area (Å²) in [6.45, 7) is 1.19. The van der Waals surface area contributed by atoms with Gasteiger partial charge < -0.3 is 5.32 Å². The van der Waals surface area contributed by atoms with Crippen LogP contribution >= 0.6 is 27.3 Å². The van der Waals surface area contributed by atoms with Gasteiger partial charge in [0.2, 0.25) is 0 Å². The van der Waals surface area contributed by atoms with Gasteiger partial charge in [-0.25, -0.2) is 4.98 Å². The van der Waals surface area contributed by atoms with Gasteiger partial charge in [-0.2, -0.15) is 0 Å². The van der Waals surface area contributed by atoms with Crippen molar-refractivity contribution in [2.24, 2.45) is 0 Å². The molecule has 2 heterocycles. The Labute approximate surface area is 126 Å². The van der Waals surface area contributed by atoms with E-state index in [0.717, 1.165) is 16.6 Å². The number of aromatic nitrogens is 1. The standard InChI is InChI=1S/C15H17BrN2S/c16-12-4-1-3-11(9-12)14-10-19-15(18-14)7-6-13-5-2-8-17-13/h1,3-4,9-10,13,17H,2,5-8H2. The van der Waals surface area contributed by atoms with Crippen molar-refractivity contribution in [2.75, 3.05) is 6.54 Å². The number of nitrogens with one attached hydrogen (secondary N) is 1. The zero-order valence-corrected chi connectivity index (χ0v) is 13.1. The van der Waals surface area contributed by atoms with Gasteiger partial charge in [0.05, 0.1) is 10.7 Å². The highest BCUT2D eigenvalue weighted by Crippen LogP contribution is 2.25. The van der Waals surface area contributed by atoms with Crippen LogP contribution < -0.4 is 5.32 Å². The average Bonchev–Trinajstić information content (AvgIpc) is 3.08. The third-order valence-corrected chi connectivity index (χ3v) is 4.94. The average molecular weight is 337 g/mol. The lowest BCUT2D eigenvalue weighted by atomic mass is 10.1. The van der Waals surface area contributed by atoms with E-state index in [2.05, 4.69) is 44.8 Å². The molecule has 0 bridgehead atoms. The van der Waals surface area contributed by atoms with Gasteiger partial charge in [0.1, 0.15) is 0 Å². The Kier molecular flexibility index (Phi) is 4.31. The predicted molar refractivity (Wildman–Crippen MR) is 84.6 cm³/mol. The molecule has 19 heavy (non-hydrogen) atoms. The van der Waals surface area contributed by atoms with Crippen LogP contribution in [0.25, 0.3) is 11.3 Å². The highest BCUT2D eigenvalue weighted by atomic mass is 79.9. The van der Waals surface area contributed by atoms with Crippen molar-refractivity contribution in [3.63, 3.8) is 0 Å². The summed E-state index contributed by atoms with van der Waals surface area (Å²) < 4.78 is 1.11. The van der Waals surface area contributed by atoms with Crippen molar-refractivity contribution in [3.05, 3.63) is 39.1 Å². The molecule has 0 radical (unpaired) electrons. The van der Waals surface area contributed by atoms with Crippen molar-refractivity contribution in [2.45, 2.75) is 31.7 Å². The summed E-state index contributed by atoms with van der Waals surface area (Å²) in [5, 5.41) is 6.96. The fraction of sp³-hybridized carbons (Fsp3) is 0.400. The predicted octanol–water partition coefficient (Wildman–Crippen LogP) is 4.26. The first-order valence-electron chi connectivity index (χ1n) is 6.75. The molecule has 1 aromatic heterocycles. The lowest BCUT2D eigenvalue weighted by molar-refractivity contribution is 0.558. The van der Waals surface area contributed by atoms with E-state index < -0.39 is 0 Å². The lowest BCUT2D eigenvalue weighted by Crippen LogP contribution is -2.21. The number of halogens is 1. The largest absolute Gasteiger partial charge is 0.314 e. The molecule has 1 atom stereocenters. The third-order valence-electron chi connectivity index (χ3n) is 3.54. The molecule has 4 heteroatoms. The molecule has 1 N–H and O–H groups in total. The van der Waals surface area contributed by atoms with Crippen LogP contribution in [0.3, 0.4) is 0 Å². The van der Waals surface area contributed by atoms with Gasteiger partial charge in [0.25, 0.3) is 0 Å². The molecule has 100 valence electrons.